The Morgan fingerprint density at radius 2 is 2.19 bits per heavy atom. The van der Waals surface area contributed by atoms with Gasteiger partial charge in [-0.1, -0.05) is 25.5 Å². The van der Waals surface area contributed by atoms with Gasteiger partial charge in [-0.05, 0) is 18.6 Å². The summed E-state index contributed by atoms with van der Waals surface area (Å²) in [7, 11) is 0. The smallest absolute Gasteiger partial charge is 0.337 e. The van der Waals surface area contributed by atoms with Crippen LogP contribution in [0.4, 0.5) is 0 Å². The summed E-state index contributed by atoms with van der Waals surface area (Å²) in [6, 6.07) is 7.37. The summed E-state index contributed by atoms with van der Waals surface area (Å²) in [5, 5.41) is 10.1. The van der Waals surface area contributed by atoms with E-state index in [4.69, 9.17) is 5.11 Å². The molecular formula is C13H15NO2. The van der Waals surface area contributed by atoms with E-state index in [0.717, 1.165) is 30.3 Å². The number of benzene rings is 1. The number of nitrogens with zero attached hydrogens (tertiary/aromatic N) is 1. The van der Waals surface area contributed by atoms with Crippen LogP contribution in [0.25, 0.3) is 10.9 Å². The average Bonchev–Trinajstić information content (AvgIpc) is 2.69. The highest BCUT2D eigenvalue weighted by Crippen LogP contribution is 2.20. The second-order valence-electron chi connectivity index (χ2n) is 3.91. The first-order valence-electron chi connectivity index (χ1n) is 5.55. The van der Waals surface area contributed by atoms with Crippen molar-refractivity contribution in [2.24, 2.45) is 0 Å². The topological polar surface area (TPSA) is 42.2 Å². The molecule has 1 heterocycles. The third kappa shape index (κ3) is 1.81. The van der Waals surface area contributed by atoms with E-state index in [1.807, 2.05) is 22.9 Å². The molecular weight excluding hydrogens is 202 g/mol. The fourth-order valence-electron chi connectivity index (χ4n) is 1.95. The summed E-state index contributed by atoms with van der Waals surface area (Å²) in [6.07, 6.45) is 4.14. The van der Waals surface area contributed by atoms with E-state index in [0.29, 0.717) is 5.56 Å². The Kier molecular flexibility index (Phi) is 2.95. The molecule has 84 valence electrons. The normalized spacial score (nSPS) is 10.8. The molecule has 0 saturated heterocycles. The minimum absolute atomic E-state index is 0.388. The maximum atomic E-state index is 11.1. The fourth-order valence-corrected chi connectivity index (χ4v) is 1.95. The Hall–Kier alpha value is -1.77. The standard InChI is InChI=1S/C13H15NO2/c1-2-3-8-14-9-7-10-5-4-6-11(12(10)14)13(15)16/h4-7,9H,2-3,8H2,1H3,(H,15,16). The molecule has 0 amide bonds. The van der Waals surface area contributed by atoms with Crippen molar-refractivity contribution in [1.82, 2.24) is 4.57 Å². The molecule has 0 fully saturated rings. The summed E-state index contributed by atoms with van der Waals surface area (Å²) in [6.45, 7) is 3.01. The average molecular weight is 217 g/mol. The monoisotopic (exact) mass is 217 g/mol. The second-order valence-corrected chi connectivity index (χ2v) is 3.91. The Morgan fingerprint density at radius 3 is 2.88 bits per heavy atom. The van der Waals surface area contributed by atoms with Gasteiger partial charge >= 0.3 is 5.97 Å². The molecule has 1 aromatic heterocycles. The van der Waals surface area contributed by atoms with Crippen LogP contribution in [-0.4, -0.2) is 15.6 Å². The zero-order valence-electron chi connectivity index (χ0n) is 9.31. The largest absolute Gasteiger partial charge is 0.478 e. The number of fused-ring (bicyclic) bond motifs is 1. The van der Waals surface area contributed by atoms with Gasteiger partial charge < -0.3 is 9.67 Å². The number of carboxylic acid groups (broad SMARTS) is 1. The molecule has 3 nitrogen and oxygen atoms in total. The van der Waals surface area contributed by atoms with Crippen molar-refractivity contribution in [2.75, 3.05) is 0 Å². The number of aromatic nitrogens is 1. The summed E-state index contributed by atoms with van der Waals surface area (Å²) in [5.74, 6) is -0.859. The molecule has 0 spiro atoms. The van der Waals surface area contributed by atoms with Crippen LogP contribution < -0.4 is 0 Å². The van der Waals surface area contributed by atoms with Gasteiger partial charge in [0.15, 0.2) is 0 Å². The molecule has 3 heteroatoms. The summed E-state index contributed by atoms with van der Waals surface area (Å²) in [4.78, 5) is 11.1. The third-order valence-corrected chi connectivity index (χ3v) is 2.77. The van der Waals surface area contributed by atoms with Gasteiger partial charge in [0.2, 0.25) is 0 Å². The molecule has 0 aliphatic carbocycles. The number of rotatable bonds is 4. The van der Waals surface area contributed by atoms with Gasteiger partial charge in [0.1, 0.15) is 0 Å². The number of para-hydroxylation sites is 1. The molecule has 0 atom stereocenters. The van der Waals surface area contributed by atoms with Gasteiger partial charge in [0, 0.05) is 18.1 Å². The van der Waals surface area contributed by atoms with Crippen LogP contribution in [0.2, 0.25) is 0 Å². The van der Waals surface area contributed by atoms with E-state index in [9.17, 15) is 4.79 Å². The molecule has 2 aromatic rings. The van der Waals surface area contributed by atoms with E-state index < -0.39 is 5.97 Å². The lowest BCUT2D eigenvalue weighted by Gasteiger charge is -2.06. The van der Waals surface area contributed by atoms with Crippen molar-refractivity contribution in [3.05, 3.63) is 36.0 Å². The van der Waals surface area contributed by atoms with Crippen LogP contribution in [-0.2, 0) is 6.54 Å². The minimum Gasteiger partial charge on any atom is -0.478 e. The minimum atomic E-state index is -0.859. The maximum Gasteiger partial charge on any atom is 0.337 e. The second kappa shape index (κ2) is 4.39. The summed E-state index contributed by atoms with van der Waals surface area (Å²) in [5.41, 5.74) is 1.22. The van der Waals surface area contributed by atoms with Crippen LogP contribution in [0.15, 0.2) is 30.5 Å². The van der Waals surface area contributed by atoms with Gasteiger partial charge in [-0.15, -0.1) is 0 Å². The molecule has 0 bridgehead atoms. The lowest BCUT2D eigenvalue weighted by atomic mass is 10.1. The predicted molar refractivity (Wildman–Crippen MR) is 63.8 cm³/mol. The summed E-state index contributed by atoms with van der Waals surface area (Å²) >= 11 is 0. The molecule has 0 aliphatic rings. The lowest BCUT2D eigenvalue weighted by Crippen LogP contribution is -2.03. The van der Waals surface area contributed by atoms with Crippen LogP contribution in [0.1, 0.15) is 30.1 Å². The quantitative estimate of drug-likeness (QED) is 0.854. The van der Waals surface area contributed by atoms with Crippen molar-refractivity contribution in [1.29, 1.82) is 0 Å². The first-order valence-corrected chi connectivity index (χ1v) is 5.55. The van der Waals surface area contributed by atoms with Gasteiger partial charge in [-0.25, -0.2) is 4.79 Å². The van der Waals surface area contributed by atoms with E-state index in [2.05, 4.69) is 6.92 Å². The Bertz CT molecular complexity index is 514. The SMILES string of the molecule is CCCCn1ccc2cccc(C(=O)O)c21. The zero-order chi connectivity index (χ0) is 11.5. The van der Waals surface area contributed by atoms with Crippen molar-refractivity contribution < 1.29 is 9.90 Å². The van der Waals surface area contributed by atoms with Crippen LogP contribution in [0.5, 0.6) is 0 Å². The molecule has 0 radical (unpaired) electrons. The number of aromatic carboxylic acids is 1. The fraction of sp³-hybridized carbons (Fsp3) is 0.308. The van der Waals surface area contributed by atoms with Crippen molar-refractivity contribution in [3.8, 4) is 0 Å². The molecule has 1 N–H and O–H groups in total. The highest BCUT2D eigenvalue weighted by molar-refractivity contribution is 6.02. The van der Waals surface area contributed by atoms with Gasteiger partial charge in [-0.3, -0.25) is 0 Å². The first kappa shape index (κ1) is 10.7. The highest BCUT2D eigenvalue weighted by Gasteiger charge is 2.11. The van der Waals surface area contributed by atoms with Crippen molar-refractivity contribution >= 4 is 16.9 Å². The Morgan fingerprint density at radius 1 is 1.38 bits per heavy atom. The molecule has 0 saturated carbocycles. The van der Waals surface area contributed by atoms with Crippen LogP contribution >= 0.6 is 0 Å². The molecule has 0 aliphatic heterocycles. The number of aryl methyl sites for hydroxylation is 1. The Balaban J connectivity index is 2.54. The van der Waals surface area contributed by atoms with Gasteiger partial charge in [-0.2, -0.15) is 0 Å². The summed E-state index contributed by atoms with van der Waals surface area (Å²) < 4.78 is 2.03. The highest BCUT2D eigenvalue weighted by atomic mass is 16.4. The van der Waals surface area contributed by atoms with E-state index in [1.54, 1.807) is 12.1 Å². The molecule has 16 heavy (non-hydrogen) atoms. The lowest BCUT2D eigenvalue weighted by molar-refractivity contribution is 0.0698. The number of carboxylic acids is 1. The van der Waals surface area contributed by atoms with Gasteiger partial charge in [0.25, 0.3) is 0 Å². The first-order chi connectivity index (χ1) is 7.74. The van der Waals surface area contributed by atoms with E-state index in [1.165, 1.54) is 0 Å². The molecule has 0 unspecified atom stereocenters. The number of hydrogen-bond donors (Lipinski definition) is 1. The van der Waals surface area contributed by atoms with Crippen LogP contribution in [0.3, 0.4) is 0 Å². The third-order valence-electron chi connectivity index (χ3n) is 2.77. The molecule has 1 aromatic carbocycles. The predicted octanol–water partition coefficient (Wildman–Crippen LogP) is 3.14. The maximum absolute atomic E-state index is 11.1. The Labute approximate surface area is 94.3 Å². The zero-order valence-corrected chi connectivity index (χ0v) is 9.31. The van der Waals surface area contributed by atoms with Crippen molar-refractivity contribution in [3.63, 3.8) is 0 Å². The van der Waals surface area contributed by atoms with Gasteiger partial charge in [0.05, 0.1) is 11.1 Å². The van der Waals surface area contributed by atoms with E-state index >= 15 is 0 Å². The molecule has 2 rings (SSSR count). The van der Waals surface area contributed by atoms with Crippen LogP contribution in [0, 0.1) is 0 Å². The van der Waals surface area contributed by atoms with E-state index in [-0.39, 0.29) is 0 Å². The number of carbonyl (C=O) groups is 1. The number of unbranched alkanes of at least 4 members (excludes halogenated alkanes) is 1. The van der Waals surface area contributed by atoms with Crippen molar-refractivity contribution in [2.45, 2.75) is 26.3 Å². The number of hydrogen-bond acceptors (Lipinski definition) is 1.